The minimum absolute atomic E-state index is 0.0530. The molecule has 0 aromatic carbocycles. The van der Waals surface area contributed by atoms with Crippen LogP contribution in [0.2, 0.25) is 0 Å². The van der Waals surface area contributed by atoms with Crippen LogP contribution in [-0.2, 0) is 4.74 Å². The van der Waals surface area contributed by atoms with Gasteiger partial charge in [-0.15, -0.1) is 11.3 Å². The molecule has 6 nitrogen and oxygen atoms in total. The molecule has 0 spiro atoms. The number of rotatable bonds is 6. The molecule has 0 bridgehead atoms. The van der Waals surface area contributed by atoms with E-state index in [9.17, 15) is 9.59 Å². The quantitative estimate of drug-likeness (QED) is 0.356. The molecule has 21 heavy (non-hydrogen) atoms. The second-order valence-corrected chi connectivity index (χ2v) is 5.77. The smallest absolute Gasteiger partial charge is 0.279 e. The third-order valence-electron chi connectivity index (χ3n) is 2.55. The Hall–Kier alpha value is -1.51. The summed E-state index contributed by atoms with van der Waals surface area (Å²) in [5.41, 5.74) is 2.65. The average molecular weight is 329 g/mol. The van der Waals surface area contributed by atoms with Crippen molar-refractivity contribution in [1.82, 2.24) is 15.8 Å². The highest BCUT2D eigenvalue weighted by Gasteiger charge is 2.14. The van der Waals surface area contributed by atoms with Gasteiger partial charge in [0.25, 0.3) is 5.91 Å². The fraction of sp³-hybridized carbons (Fsp3) is 0.462. The van der Waals surface area contributed by atoms with E-state index in [1.165, 1.54) is 11.9 Å². The third kappa shape index (κ3) is 5.78. The van der Waals surface area contributed by atoms with E-state index in [-0.39, 0.29) is 11.7 Å². The summed E-state index contributed by atoms with van der Waals surface area (Å²) in [5, 5.41) is 4.87. The molecule has 1 amide bonds. The van der Waals surface area contributed by atoms with Gasteiger partial charge in [0.1, 0.15) is 0 Å². The van der Waals surface area contributed by atoms with E-state index in [0.717, 1.165) is 17.8 Å². The fourth-order valence-electron chi connectivity index (χ4n) is 1.44. The van der Waals surface area contributed by atoms with E-state index in [4.69, 9.17) is 17.0 Å². The minimum Gasteiger partial charge on any atom is -0.385 e. The first kappa shape index (κ1) is 17.5. The molecule has 0 aliphatic carbocycles. The summed E-state index contributed by atoms with van der Waals surface area (Å²) in [6.45, 7) is 2.79. The number of ether oxygens (including phenoxy) is 1. The standard InChI is InChI=1S/C13H19N3O3S2/c1-9(17)10-5-6-11(21-10)12(18)15-16(2)13(20)14-7-4-8-19-3/h5-6H,4,7-8H2,1-3H3,(H,14,20)(H,15,18). The number of thiocarbonyl (C=S) groups is 1. The summed E-state index contributed by atoms with van der Waals surface area (Å²) in [5.74, 6) is -0.348. The lowest BCUT2D eigenvalue weighted by atomic mass is 10.3. The number of hydrogen-bond acceptors (Lipinski definition) is 5. The summed E-state index contributed by atoms with van der Waals surface area (Å²) in [7, 11) is 3.30. The van der Waals surface area contributed by atoms with Gasteiger partial charge in [-0.25, -0.2) is 0 Å². The van der Waals surface area contributed by atoms with Crippen LogP contribution >= 0.6 is 23.6 Å². The number of nitrogens with zero attached hydrogens (tertiary/aromatic N) is 1. The van der Waals surface area contributed by atoms with Crippen LogP contribution in [0, 0.1) is 0 Å². The maximum atomic E-state index is 12.0. The van der Waals surface area contributed by atoms with E-state index >= 15 is 0 Å². The van der Waals surface area contributed by atoms with Crippen LogP contribution in [0.5, 0.6) is 0 Å². The van der Waals surface area contributed by atoms with Gasteiger partial charge in [-0.3, -0.25) is 20.0 Å². The van der Waals surface area contributed by atoms with Crippen molar-refractivity contribution in [1.29, 1.82) is 0 Å². The molecule has 2 N–H and O–H groups in total. The highest BCUT2D eigenvalue weighted by molar-refractivity contribution is 7.80. The van der Waals surface area contributed by atoms with E-state index < -0.39 is 0 Å². The van der Waals surface area contributed by atoms with Gasteiger partial charge in [0.2, 0.25) is 0 Å². The molecule has 0 saturated carbocycles. The van der Waals surface area contributed by atoms with Crippen molar-refractivity contribution >= 4 is 40.4 Å². The topological polar surface area (TPSA) is 70.7 Å². The van der Waals surface area contributed by atoms with Gasteiger partial charge in [-0.1, -0.05) is 0 Å². The van der Waals surface area contributed by atoms with Crippen LogP contribution in [-0.4, -0.2) is 49.1 Å². The third-order valence-corrected chi connectivity index (χ3v) is 4.16. The van der Waals surface area contributed by atoms with Crippen LogP contribution in [0.4, 0.5) is 0 Å². The monoisotopic (exact) mass is 329 g/mol. The highest BCUT2D eigenvalue weighted by atomic mass is 32.1. The molecule has 1 heterocycles. The van der Waals surface area contributed by atoms with E-state index in [1.54, 1.807) is 26.3 Å². The maximum absolute atomic E-state index is 12.0. The zero-order chi connectivity index (χ0) is 15.8. The summed E-state index contributed by atoms with van der Waals surface area (Å²) in [4.78, 5) is 24.2. The van der Waals surface area contributed by atoms with Crippen molar-refractivity contribution in [2.45, 2.75) is 13.3 Å². The first-order valence-corrected chi connectivity index (χ1v) is 7.60. The van der Waals surface area contributed by atoms with E-state index in [1.807, 2.05) is 0 Å². The molecule has 0 unspecified atom stereocenters. The molecule has 0 aliphatic heterocycles. The van der Waals surface area contributed by atoms with Crippen LogP contribution in [0.1, 0.15) is 32.7 Å². The number of nitrogens with one attached hydrogen (secondary N) is 2. The minimum atomic E-state index is -0.295. The van der Waals surface area contributed by atoms with Gasteiger partial charge >= 0.3 is 0 Å². The molecule has 1 rings (SSSR count). The Kier molecular flexibility index (Phi) is 7.27. The number of Topliss-reactive ketones (excluding diaryl/α,β-unsaturated/α-hetero) is 1. The Labute approximate surface area is 133 Å². The molecule has 0 saturated heterocycles. The number of carbonyl (C=O) groups is 2. The number of thiophene rings is 1. The maximum Gasteiger partial charge on any atom is 0.279 e. The van der Waals surface area contributed by atoms with Crippen molar-refractivity contribution < 1.29 is 14.3 Å². The van der Waals surface area contributed by atoms with Crippen LogP contribution in [0.15, 0.2) is 12.1 Å². The number of amides is 1. The summed E-state index contributed by atoms with van der Waals surface area (Å²) in [6, 6.07) is 3.27. The second-order valence-electron chi connectivity index (χ2n) is 4.30. The molecule has 0 atom stereocenters. The van der Waals surface area contributed by atoms with E-state index in [0.29, 0.717) is 28.0 Å². The van der Waals surface area contributed by atoms with Crippen molar-refractivity contribution in [3.05, 3.63) is 21.9 Å². The zero-order valence-corrected chi connectivity index (χ0v) is 13.9. The SMILES string of the molecule is COCCCNC(=S)N(C)NC(=O)c1ccc(C(C)=O)s1. The molecule has 0 aliphatic rings. The zero-order valence-electron chi connectivity index (χ0n) is 12.3. The number of methoxy groups -OCH3 is 1. The highest BCUT2D eigenvalue weighted by Crippen LogP contribution is 2.16. The van der Waals surface area contributed by atoms with Gasteiger partial charge < -0.3 is 10.1 Å². The Morgan fingerprint density at radius 1 is 1.38 bits per heavy atom. The summed E-state index contributed by atoms with van der Waals surface area (Å²) in [6.07, 6.45) is 0.825. The Balaban J connectivity index is 2.45. The van der Waals surface area contributed by atoms with E-state index in [2.05, 4.69) is 10.7 Å². The lowest BCUT2D eigenvalue weighted by Crippen LogP contribution is -2.48. The summed E-state index contributed by atoms with van der Waals surface area (Å²) >= 11 is 6.31. The van der Waals surface area contributed by atoms with Gasteiger partial charge in [-0.05, 0) is 37.7 Å². The molecule has 1 aromatic rings. The number of hydrogen-bond donors (Lipinski definition) is 2. The lowest BCUT2D eigenvalue weighted by molar-refractivity contribution is 0.0890. The van der Waals surface area contributed by atoms with Gasteiger partial charge in [0, 0.05) is 27.3 Å². The molecule has 116 valence electrons. The van der Waals surface area contributed by atoms with Crippen molar-refractivity contribution in [3.63, 3.8) is 0 Å². The first-order valence-electron chi connectivity index (χ1n) is 6.38. The number of ketones is 1. The van der Waals surface area contributed by atoms with Gasteiger partial charge in [0.05, 0.1) is 9.75 Å². The van der Waals surface area contributed by atoms with Crippen LogP contribution < -0.4 is 10.7 Å². The largest absolute Gasteiger partial charge is 0.385 e. The normalized spacial score (nSPS) is 10.0. The Bertz CT molecular complexity index is 517. The lowest BCUT2D eigenvalue weighted by Gasteiger charge is -2.21. The average Bonchev–Trinajstić information content (AvgIpc) is 2.93. The molecule has 1 aromatic heterocycles. The predicted octanol–water partition coefficient (Wildman–Crippen LogP) is 1.44. The van der Waals surface area contributed by atoms with Gasteiger partial charge in [0.15, 0.2) is 10.9 Å². The van der Waals surface area contributed by atoms with Crippen molar-refractivity contribution in [2.75, 3.05) is 27.3 Å². The molecule has 8 heteroatoms. The van der Waals surface area contributed by atoms with Crippen LogP contribution in [0.3, 0.4) is 0 Å². The second kappa shape index (κ2) is 8.71. The van der Waals surface area contributed by atoms with Crippen molar-refractivity contribution in [2.24, 2.45) is 0 Å². The Morgan fingerprint density at radius 3 is 2.62 bits per heavy atom. The number of hydrazine groups is 1. The molecular weight excluding hydrogens is 310 g/mol. The molecular formula is C13H19N3O3S2. The molecule has 0 radical (unpaired) electrons. The number of carbonyl (C=O) groups excluding carboxylic acids is 2. The first-order chi connectivity index (χ1) is 9.95. The van der Waals surface area contributed by atoms with Crippen LogP contribution in [0.25, 0.3) is 0 Å². The van der Waals surface area contributed by atoms with Crippen molar-refractivity contribution in [3.8, 4) is 0 Å². The predicted molar refractivity (Wildman–Crippen MR) is 86.6 cm³/mol. The Morgan fingerprint density at radius 2 is 2.05 bits per heavy atom. The van der Waals surface area contributed by atoms with Gasteiger partial charge in [-0.2, -0.15) is 0 Å². The summed E-state index contributed by atoms with van der Waals surface area (Å²) < 4.78 is 4.94. The molecule has 0 fully saturated rings. The fourth-order valence-corrected chi connectivity index (χ4v) is 2.38.